The van der Waals surface area contributed by atoms with Crippen molar-refractivity contribution in [2.75, 3.05) is 12.4 Å². The maximum absolute atomic E-state index is 12.2. The molecular formula is C12H12N2O2. The first-order valence-electron chi connectivity index (χ1n) is 4.98. The topological polar surface area (TPSA) is 55.1 Å². The summed E-state index contributed by atoms with van der Waals surface area (Å²) in [5, 5.41) is 6.59. The van der Waals surface area contributed by atoms with Crippen molar-refractivity contribution in [3.63, 3.8) is 0 Å². The molecule has 0 aliphatic rings. The van der Waals surface area contributed by atoms with E-state index in [4.69, 9.17) is 4.52 Å². The van der Waals surface area contributed by atoms with Crippen LogP contribution in [-0.2, 0) is 0 Å². The molecule has 4 heteroatoms. The summed E-state index contributed by atoms with van der Waals surface area (Å²) < 4.78 is 5.01. The van der Waals surface area contributed by atoms with Crippen molar-refractivity contribution in [3.8, 4) is 0 Å². The summed E-state index contributed by atoms with van der Waals surface area (Å²) in [6, 6.07) is 9.07. The number of rotatable bonds is 3. The molecule has 0 spiro atoms. The number of benzene rings is 1. The normalized spacial score (nSPS) is 10.1. The van der Waals surface area contributed by atoms with Crippen LogP contribution < -0.4 is 5.32 Å². The Morgan fingerprint density at radius 2 is 2.00 bits per heavy atom. The van der Waals surface area contributed by atoms with E-state index in [2.05, 4.69) is 10.5 Å². The Hall–Kier alpha value is -2.10. The lowest BCUT2D eigenvalue weighted by molar-refractivity contribution is 0.103. The molecule has 0 unspecified atom stereocenters. The van der Waals surface area contributed by atoms with Gasteiger partial charge in [0, 0.05) is 12.6 Å². The number of aromatic nitrogens is 1. The summed E-state index contributed by atoms with van der Waals surface area (Å²) in [7, 11) is 1.70. The molecule has 2 rings (SSSR count). The van der Waals surface area contributed by atoms with Crippen LogP contribution in [0.1, 0.15) is 21.6 Å². The lowest BCUT2D eigenvalue weighted by Crippen LogP contribution is -2.04. The number of hydrogen-bond acceptors (Lipinski definition) is 4. The molecule has 0 amide bonds. The largest absolute Gasteiger partial charge is 0.356 e. The van der Waals surface area contributed by atoms with E-state index in [1.54, 1.807) is 26.1 Å². The predicted octanol–water partition coefficient (Wildman–Crippen LogP) is 2.26. The minimum Gasteiger partial charge on any atom is -0.356 e. The number of nitrogens with zero attached hydrogens (tertiary/aromatic N) is 1. The Morgan fingerprint density at radius 3 is 2.62 bits per heavy atom. The maximum Gasteiger partial charge on any atom is 0.235 e. The van der Waals surface area contributed by atoms with E-state index >= 15 is 0 Å². The van der Waals surface area contributed by atoms with Gasteiger partial charge in [-0.05, 0) is 6.92 Å². The third-order valence-electron chi connectivity index (χ3n) is 2.35. The lowest BCUT2D eigenvalue weighted by Gasteiger charge is -2.00. The van der Waals surface area contributed by atoms with Crippen LogP contribution in [-0.4, -0.2) is 18.0 Å². The highest BCUT2D eigenvalue weighted by Crippen LogP contribution is 2.22. The van der Waals surface area contributed by atoms with Gasteiger partial charge in [0.25, 0.3) is 0 Å². The van der Waals surface area contributed by atoms with Gasteiger partial charge in [-0.1, -0.05) is 35.5 Å². The zero-order chi connectivity index (χ0) is 11.5. The highest BCUT2D eigenvalue weighted by Gasteiger charge is 2.20. The number of ketones is 1. The van der Waals surface area contributed by atoms with Gasteiger partial charge >= 0.3 is 0 Å². The van der Waals surface area contributed by atoms with Gasteiger partial charge in [0.15, 0.2) is 5.78 Å². The smallest absolute Gasteiger partial charge is 0.235 e. The monoisotopic (exact) mass is 216 g/mol. The van der Waals surface area contributed by atoms with Crippen molar-refractivity contribution in [2.24, 2.45) is 0 Å². The molecule has 16 heavy (non-hydrogen) atoms. The number of aryl methyl sites for hydroxylation is 1. The molecule has 1 aromatic heterocycles. The minimum absolute atomic E-state index is 0.0799. The van der Waals surface area contributed by atoms with Crippen molar-refractivity contribution >= 4 is 11.7 Å². The first kappa shape index (κ1) is 10.4. The summed E-state index contributed by atoms with van der Waals surface area (Å²) in [5.41, 5.74) is 1.72. The molecule has 0 saturated carbocycles. The number of carbonyl (C=O) groups excluding carboxylic acids is 1. The fourth-order valence-corrected chi connectivity index (χ4v) is 1.54. The quantitative estimate of drug-likeness (QED) is 0.799. The van der Waals surface area contributed by atoms with Crippen LogP contribution in [0, 0.1) is 6.92 Å². The Kier molecular flexibility index (Phi) is 2.72. The van der Waals surface area contributed by atoms with E-state index in [1.165, 1.54) is 0 Å². The SMILES string of the molecule is CNc1onc(C)c1C(=O)c1ccccc1. The van der Waals surface area contributed by atoms with E-state index in [-0.39, 0.29) is 5.78 Å². The minimum atomic E-state index is -0.0799. The Balaban J connectivity index is 2.45. The van der Waals surface area contributed by atoms with Crippen molar-refractivity contribution in [2.45, 2.75) is 6.92 Å². The molecule has 82 valence electrons. The Bertz CT molecular complexity index is 503. The summed E-state index contributed by atoms with van der Waals surface area (Å²) in [6.07, 6.45) is 0. The summed E-state index contributed by atoms with van der Waals surface area (Å²) >= 11 is 0. The third kappa shape index (κ3) is 1.69. The standard InChI is InChI=1S/C12H12N2O2/c1-8-10(12(13-2)16-14-8)11(15)9-6-4-3-5-7-9/h3-7,13H,1-2H3. The average Bonchev–Trinajstić information content (AvgIpc) is 2.70. The second kappa shape index (κ2) is 4.18. The molecule has 0 aliphatic heterocycles. The molecule has 0 bridgehead atoms. The maximum atomic E-state index is 12.2. The molecule has 1 N–H and O–H groups in total. The lowest BCUT2D eigenvalue weighted by atomic mass is 10.0. The van der Waals surface area contributed by atoms with Gasteiger partial charge in [-0.2, -0.15) is 0 Å². The molecular weight excluding hydrogens is 204 g/mol. The summed E-state index contributed by atoms with van der Waals surface area (Å²) in [4.78, 5) is 12.2. The van der Waals surface area contributed by atoms with Crippen LogP contribution in [0.25, 0.3) is 0 Å². The van der Waals surface area contributed by atoms with Gasteiger partial charge in [-0.15, -0.1) is 0 Å². The first-order valence-corrected chi connectivity index (χ1v) is 4.98. The molecule has 0 atom stereocenters. The molecule has 2 aromatic rings. The highest BCUT2D eigenvalue weighted by molar-refractivity contribution is 6.12. The number of nitrogens with one attached hydrogen (secondary N) is 1. The van der Waals surface area contributed by atoms with Crippen molar-refractivity contribution in [1.29, 1.82) is 0 Å². The van der Waals surface area contributed by atoms with E-state index in [0.29, 0.717) is 22.7 Å². The molecule has 4 nitrogen and oxygen atoms in total. The molecule has 0 radical (unpaired) electrons. The second-order valence-electron chi connectivity index (χ2n) is 3.42. The van der Waals surface area contributed by atoms with Crippen LogP contribution in [0.5, 0.6) is 0 Å². The fraction of sp³-hybridized carbons (Fsp3) is 0.167. The molecule has 1 heterocycles. The van der Waals surface area contributed by atoms with E-state index in [1.807, 2.05) is 18.2 Å². The average molecular weight is 216 g/mol. The Morgan fingerprint density at radius 1 is 1.31 bits per heavy atom. The van der Waals surface area contributed by atoms with Gasteiger partial charge in [-0.25, -0.2) is 0 Å². The van der Waals surface area contributed by atoms with Crippen molar-refractivity contribution in [1.82, 2.24) is 5.16 Å². The zero-order valence-corrected chi connectivity index (χ0v) is 9.15. The molecule has 0 aliphatic carbocycles. The predicted molar refractivity (Wildman–Crippen MR) is 60.7 cm³/mol. The zero-order valence-electron chi connectivity index (χ0n) is 9.15. The number of anilines is 1. The van der Waals surface area contributed by atoms with Gasteiger partial charge in [0.2, 0.25) is 5.88 Å². The van der Waals surface area contributed by atoms with Crippen LogP contribution in [0.2, 0.25) is 0 Å². The van der Waals surface area contributed by atoms with Crippen LogP contribution in [0.4, 0.5) is 5.88 Å². The summed E-state index contributed by atoms with van der Waals surface area (Å²) in [6.45, 7) is 1.75. The molecule has 0 fully saturated rings. The van der Waals surface area contributed by atoms with Crippen LogP contribution in [0.3, 0.4) is 0 Å². The van der Waals surface area contributed by atoms with Gasteiger partial charge in [-0.3, -0.25) is 4.79 Å². The third-order valence-corrected chi connectivity index (χ3v) is 2.35. The number of carbonyl (C=O) groups is 1. The Labute approximate surface area is 93.3 Å². The molecule has 0 saturated heterocycles. The van der Waals surface area contributed by atoms with Crippen molar-refractivity contribution in [3.05, 3.63) is 47.2 Å². The van der Waals surface area contributed by atoms with Gasteiger partial charge in [0.1, 0.15) is 5.56 Å². The highest BCUT2D eigenvalue weighted by atomic mass is 16.5. The van der Waals surface area contributed by atoms with E-state index in [0.717, 1.165) is 0 Å². The van der Waals surface area contributed by atoms with E-state index < -0.39 is 0 Å². The van der Waals surface area contributed by atoms with Gasteiger partial charge < -0.3 is 9.84 Å². The van der Waals surface area contributed by atoms with E-state index in [9.17, 15) is 4.79 Å². The fourth-order valence-electron chi connectivity index (χ4n) is 1.54. The van der Waals surface area contributed by atoms with Gasteiger partial charge in [0.05, 0.1) is 5.69 Å². The number of hydrogen-bond donors (Lipinski definition) is 1. The van der Waals surface area contributed by atoms with Crippen LogP contribution >= 0.6 is 0 Å². The second-order valence-corrected chi connectivity index (χ2v) is 3.42. The first-order chi connectivity index (χ1) is 7.74. The summed E-state index contributed by atoms with van der Waals surface area (Å²) in [5.74, 6) is 0.329. The van der Waals surface area contributed by atoms with Crippen molar-refractivity contribution < 1.29 is 9.32 Å². The molecule has 1 aromatic carbocycles. The van der Waals surface area contributed by atoms with Crippen LogP contribution in [0.15, 0.2) is 34.9 Å².